The number of H-pyrrole nitrogens is 1. The molecule has 4 rings (SSSR count). The maximum absolute atomic E-state index is 13.4. The van der Waals surface area contributed by atoms with Crippen molar-refractivity contribution in [1.29, 1.82) is 0 Å². The number of aromatic amines is 1. The first-order valence-electron chi connectivity index (χ1n) is 9.80. The number of anilines is 1. The molecule has 1 atom stereocenters. The van der Waals surface area contributed by atoms with Crippen molar-refractivity contribution in [2.45, 2.75) is 38.3 Å². The molecule has 0 saturated carbocycles. The number of amides is 2. The third kappa shape index (κ3) is 3.74. The van der Waals surface area contributed by atoms with E-state index in [1.54, 1.807) is 18.3 Å². The Morgan fingerprint density at radius 2 is 2.00 bits per heavy atom. The van der Waals surface area contributed by atoms with Gasteiger partial charge in [0, 0.05) is 43.6 Å². The molecule has 1 saturated heterocycles. The van der Waals surface area contributed by atoms with Crippen molar-refractivity contribution in [3.8, 4) is 0 Å². The molecule has 1 unspecified atom stereocenters. The number of carbonyl (C=O) groups excluding carboxylic acids is 1. The van der Waals surface area contributed by atoms with Gasteiger partial charge >= 0.3 is 6.03 Å². The van der Waals surface area contributed by atoms with Crippen molar-refractivity contribution in [1.82, 2.24) is 15.2 Å². The van der Waals surface area contributed by atoms with Crippen molar-refractivity contribution in [2.75, 3.05) is 24.5 Å². The van der Waals surface area contributed by atoms with Gasteiger partial charge in [-0.1, -0.05) is 0 Å². The molecule has 6 nitrogen and oxygen atoms in total. The molecule has 7 heteroatoms. The normalized spacial score (nSPS) is 18.1. The molecular weight excluding hydrogens is 359 g/mol. The first-order chi connectivity index (χ1) is 13.5. The molecule has 2 amide bonds. The van der Waals surface area contributed by atoms with E-state index in [0.717, 1.165) is 42.6 Å². The number of urea groups is 1. The van der Waals surface area contributed by atoms with Crippen LogP contribution in [-0.2, 0) is 6.42 Å². The summed E-state index contributed by atoms with van der Waals surface area (Å²) < 4.78 is 13.4. The lowest BCUT2D eigenvalue weighted by Crippen LogP contribution is -2.49. The highest BCUT2D eigenvalue weighted by atomic mass is 19.1. The third-order valence-electron chi connectivity index (χ3n) is 5.80. The van der Waals surface area contributed by atoms with E-state index in [0.29, 0.717) is 19.1 Å². The summed E-state index contributed by atoms with van der Waals surface area (Å²) in [6, 6.07) is 8.38. The van der Waals surface area contributed by atoms with Gasteiger partial charge in [-0.15, -0.1) is 0 Å². The Hall–Kier alpha value is -2.83. The van der Waals surface area contributed by atoms with Crippen molar-refractivity contribution in [3.05, 3.63) is 63.8 Å². The third-order valence-corrected chi connectivity index (χ3v) is 5.80. The summed E-state index contributed by atoms with van der Waals surface area (Å²) in [4.78, 5) is 30.8. The summed E-state index contributed by atoms with van der Waals surface area (Å²) >= 11 is 0. The number of fused-ring (bicyclic) bond motifs is 1. The second kappa shape index (κ2) is 7.66. The number of rotatable bonds is 3. The first-order valence-corrected chi connectivity index (χ1v) is 9.80. The minimum atomic E-state index is -0.229. The van der Waals surface area contributed by atoms with Gasteiger partial charge in [-0.3, -0.25) is 4.79 Å². The van der Waals surface area contributed by atoms with Crippen molar-refractivity contribution >= 4 is 11.7 Å². The minimum absolute atomic E-state index is 0.102. The molecule has 0 spiro atoms. The Kier molecular flexibility index (Phi) is 5.07. The highest BCUT2D eigenvalue weighted by molar-refractivity contribution is 5.75. The largest absolute Gasteiger partial charge is 0.368 e. The van der Waals surface area contributed by atoms with Gasteiger partial charge in [-0.2, -0.15) is 0 Å². The predicted octanol–water partition coefficient (Wildman–Crippen LogP) is 2.81. The van der Waals surface area contributed by atoms with Gasteiger partial charge in [0.1, 0.15) is 5.82 Å². The van der Waals surface area contributed by atoms with Crippen molar-refractivity contribution in [3.63, 3.8) is 0 Å². The Morgan fingerprint density at radius 3 is 2.75 bits per heavy atom. The molecule has 2 N–H and O–H groups in total. The minimum Gasteiger partial charge on any atom is -0.368 e. The van der Waals surface area contributed by atoms with Crippen LogP contribution in [0.2, 0.25) is 0 Å². The number of hydrogen-bond acceptors (Lipinski definition) is 3. The monoisotopic (exact) mass is 384 g/mol. The molecule has 1 fully saturated rings. The van der Waals surface area contributed by atoms with Crippen LogP contribution in [0.15, 0.2) is 41.3 Å². The van der Waals surface area contributed by atoms with Crippen molar-refractivity contribution in [2.24, 2.45) is 0 Å². The van der Waals surface area contributed by atoms with E-state index in [1.807, 2.05) is 17.9 Å². The molecule has 0 aliphatic carbocycles. The number of likely N-dealkylation sites (tertiary alicyclic amines) is 1. The standard InChI is InChI=1S/C21H25FN4O2/c1-14(15-4-8-23-20(27)13-15)24-21(28)25-9-6-18(7-10-25)26-11-5-16-12-17(22)2-3-19(16)26/h2-4,8,12-14,18H,5-7,9-11H2,1H3,(H,23,27)(H,24,28). The zero-order valence-corrected chi connectivity index (χ0v) is 16.0. The number of aromatic nitrogens is 1. The summed E-state index contributed by atoms with van der Waals surface area (Å²) in [5, 5.41) is 2.98. The van der Waals surface area contributed by atoms with Gasteiger partial charge in [-0.25, -0.2) is 9.18 Å². The zero-order valence-electron chi connectivity index (χ0n) is 16.0. The second-order valence-corrected chi connectivity index (χ2v) is 7.59. The fraction of sp³-hybridized carbons (Fsp3) is 0.429. The summed E-state index contributed by atoms with van der Waals surface area (Å²) in [6.45, 7) is 4.16. The van der Waals surface area contributed by atoms with Crippen LogP contribution in [0.3, 0.4) is 0 Å². The van der Waals surface area contributed by atoms with E-state index in [1.165, 1.54) is 12.1 Å². The van der Waals surface area contributed by atoms with Gasteiger partial charge in [0.15, 0.2) is 0 Å². The number of carbonyl (C=O) groups is 1. The maximum atomic E-state index is 13.4. The van der Waals surface area contributed by atoms with E-state index in [4.69, 9.17) is 0 Å². The first kappa shape index (κ1) is 18.5. The lowest BCUT2D eigenvalue weighted by atomic mass is 10.0. The van der Waals surface area contributed by atoms with Crippen molar-refractivity contribution < 1.29 is 9.18 Å². The van der Waals surface area contributed by atoms with Crippen LogP contribution < -0.4 is 15.8 Å². The summed E-state index contributed by atoms with van der Waals surface area (Å²) in [5.41, 5.74) is 2.82. The Balaban J connectivity index is 1.33. The molecule has 2 aliphatic rings. The van der Waals surface area contributed by atoms with Crippen LogP contribution >= 0.6 is 0 Å². The lowest BCUT2D eigenvalue weighted by Gasteiger charge is -2.38. The predicted molar refractivity (Wildman–Crippen MR) is 106 cm³/mol. The average Bonchev–Trinajstić information content (AvgIpc) is 3.11. The smallest absolute Gasteiger partial charge is 0.317 e. The van der Waals surface area contributed by atoms with E-state index in [2.05, 4.69) is 15.2 Å². The molecule has 1 aromatic heterocycles. The molecule has 1 aromatic carbocycles. The topological polar surface area (TPSA) is 68.4 Å². The molecule has 2 aliphatic heterocycles. The average molecular weight is 384 g/mol. The van der Waals surface area contributed by atoms with E-state index in [9.17, 15) is 14.0 Å². The quantitative estimate of drug-likeness (QED) is 0.855. The summed E-state index contributed by atoms with van der Waals surface area (Å²) in [7, 11) is 0. The number of benzene rings is 1. The fourth-order valence-electron chi connectivity index (χ4n) is 4.25. The molecule has 148 valence electrons. The zero-order chi connectivity index (χ0) is 19.7. The van der Waals surface area contributed by atoms with Crippen LogP contribution in [-0.4, -0.2) is 41.6 Å². The van der Waals surface area contributed by atoms with Crippen LogP contribution in [0.25, 0.3) is 0 Å². The number of piperidine rings is 1. The van der Waals surface area contributed by atoms with Crippen LogP contribution in [0.5, 0.6) is 0 Å². The molecule has 2 aromatic rings. The van der Waals surface area contributed by atoms with E-state index >= 15 is 0 Å². The number of nitrogens with zero attached hydrogens (tertiary/aromatic N) is 2. The summed E-state index contributed by atoms with van der Waals surface area (Å²) in [6.07, 6.45) is 4.25. The summed E-state index contributed by atoms with van der Waals surface area (Å²) in [5.74, 6) is -0.179. The Bertz CT molecular complexity index is 921. The molecular formula is C21H25FN4O2. The molecule has 0 radical (unpaired) electrons. The Morgan fingerprint density at radius 1 is 1.21 bits per heavy atom. The van der Waals surface area contributed by atoms with Crippen LogP contribution in [0, 0.1) is 5.82 Å². The molecule has 3 heterocycles. The number of nitrogens with one attached hydrogen (secondary N) is 2. The van der Waals surface area contributed by atoms with E-state index < -0.39 is 0 Å². The second-order valence-electron chi connectivity index (χ2n) is 7.59. The van der Waals surface area contributed by atoms with Gasteiger partial charge in [-0.05, 0) is 61.6 Å². The van der Waals surface area contributed by atoms with Crippen LogP contribution in [0.4, 0.5) is 14.9 Å². The maximum Gasteiger partial charge on any atom is 0.317 e. The van der Waals surface area contributed by atoms with Gasteiger partial charge in [0.25, 0.3) is 0 Å². The number of pyridine rings is 1. The number of halogens is 1. The highest BCUT2D eigenvalue weighted by Gasteiger charge is 2.31. The van der Waals surface area contributed by atoms with Gasteiger partial charge < -0.3 is 20.1 Å². The van der Waals surface area contributed by atoms with Crippen LogP contribution in [0.1, 0.15) is 36.9 Å². The van der Waals surface area contributed by atoms with Gasteiger partial charge in [0.2, 0.25) is 5.56 Å². The molecule has 0 bridgehead atoms. The lowest BCUT2D eigenvalue weighted by molar-refractivity contribution is 0.177. The number of hydrogen-bond donors (Lipinski definition) is 2. The SMILES string of the molecule is CC(NC(=O)N1CCC(N2CCc3cc(F)ccc32)CC1)c1cc[nH]c(=O)c1. The van der Waals surface area contributed by atoms with E-state index in [-0.39, 0.29) is 23.4 Å². The fourth-order valence-corrected chi connectivity index (χ4v) is 4.25. The molecule has 28 heavy (non-hydrogen) atoms. The highest BCUT2D eigenvalue weighted by Crippen LogP contribution is 2.33. The van der Waals surface area contributed by atoms with Gasteiger partial charge in [0.05, 0.1) is 6.04 Å². The Labute approximate surface area is 163 Å².